The first kappa shape index (κ1) is 15.6. The first-order valence-corrected chi connectivity index (χ1v) is 8.46. The van der Waals surface area contributed by atoms with E-state index in [4.69, 9.17) is 4.74 Å². The van der Waals surface area contributed by atoms with Gasteiger partial charge in [0, 0.05) is 31.2 Å². The van der Waals surface area contributed by atoms with Gasteiger partial charge in [-0.25, -0.2) is 9.78 Å². The third-order valence-corrected chi connectivity index (χ3v) is 4.60. The van der Waals surface area contributed by atoms with Crippen LogP contribution in [0.1, 0.15) is 6.42 Å². The SMILES string of the molecule is COc1ccccc1N1CC[C@H](CNC(=O)Nc2nccs2)C1. The van der Waals surface area contributed by atoms with Crippen LogP contribution in [0, 0.1) is 5.92 Å². The fourth-order valence-corrected chi connectivity index (χ4v) is 3.30. The molecule has 0 unspecified atom stereocenters. The number of carbonyl (C=O) groups excluding carboxylic acids is 1. The van der Waals surface area contributed by atoms with Crippen molar-refractivity contribution in [2.75, 3.05) is 37.0 Å². The van der Waals surface area contributed by atoms with E-state index in [-0.39, 0.29) is 6.03 Å². The number of urea groups is 1. The van der Waals surface area contributed by atoms with Crippen LogP contribution in [0.15, 0.2) is 35.8 Å². The normalized spacial score (nSPS) is 17.1. The van der Waals surface area contributed by atoms with Crippen LogP contribution in [-0.4, -0.2) is 37.8 Å². The summed E-state index contributed by atoms with van der Waals surface area (Å²) in [6.45, 7) is 2.54. The predicted octanol–water partition coefficient (Wildman–Crippen LogP) is 2.80. The number of aromatic nitrogens is 1. The maximum absolute atomic E-state index is 11.8. The van der Waals surface area contributed by atoms with Crippen molar-refractivity contribution in [2.45, 2.75) is 6.42 Å². The van der Waals surface area contributed by atoms with Gasteiger partial charge >= 0.3 is 6.03 Å². The minimum atomic E-state index is -0.198. The number of amides is 2. The molecule has 23 heavy (non-hydrogen) atoms. The second kappa shape index (κ2) is 7.32. The van der Waals surface area contributed by atoms with Crippen molar-refractivity contribution in [1.29, 1.82) is 0 Å². The molecule has 1 atom stereocenters. The van der Waals surface area contributed by atoms with Crippen LogP contribution in [0.5, 0.6) is 5.75 Å². The summed E-state index contributed by atoms with van der Waals surface area (Å²) in [4.78, 5) is 18.2. The number of hydrogen-bond donors (Lipinski definition) is 2. The van der Waals surface area contributed by atoms with E-state index >= 15 is 0 Å². The minimum Gasteiger partial charge on any atom is -0.495 e. The molecule has 1 aliphatic rings. The zero-order chi connectivity index (χ0) is 16.1. The highest BCUT2D eigenvalue weighted by molar-refractivity contribution is 7.13. The number of carbonyl (C=O) groups is 1. The van der Waals surface area contributed by atoms with E-state index < -0.39 is 0 Å². The predicted molar refractivity (Wildman–Crippen MR) is 92.4 cm³/mol. The molecule has 2 N–H and O–H groups in total. The van der Waals surface area contributed by atoms with Crippen LogP contribution >= 0.6 is 11.3 Å². The maximum Gasteiger partial charge on any atom is 0.321 e. The molecule has 0 bridgehead atoms. The summed E-state index contributed by atoms with van der Waals surface area (Å²) in [6.07, 6.45) is 2.72. The zero-order valence-electron chi connectivity index (χ0n) is 13.0. The number of nitrogens with one attached hydrogen (secondary N) is 2. The van der Waals surface area contributed by atoms with Gasteiger partial charge in [-0.1, -0.05) is 12.1 Å². The van der Waals surface area contributed by atoms with Gasteiger partial charge in [0.25, 0.3) is 0 Å². The van der Waals surface area contributed by atoms with E-state index in [9.17, 15) is 4.79 Å². The highest BCUT2D eigenvalue weighted by Gasteiger charge is 2.24. The molecule has 3 rings (SSSR count). The Bertz CT molecular complexity index is 647. The fraction of sp³-hybridized carbons (Fsp3) is 0.375. The summed E-state index contributed by atoms with van der Waals surface area (Å²) in [6, 6.07) is 7.84. The zero-order valence-corrected chi connectivity index (χ0v) is 13.8. The molecule has 122 valence electrons. The summed E-state index contributed by atoms with van der Waals surface area (Å²) >= 11 is 1.41. The second-order valence-corrected chi connectivity index (χ2v) is 6.34. The van der Waals surface area contributed by atoms with Crippen molar-refractivity contribution in [3.63, 3.8) is 0 Å². The van der Waals surface area contributed by atoms with Gasteiger partial charge in [0.1, 0.15) is 5.75 Å². The fourth-order valence-electron chi connectivity index (χ4n) is 2.77. The van der Waals surface area contributed by atoms with Gasteiger partial charge in [-0.05, 0) is 24.5 Å². The molecular formula is C16H20N4O2S. The Labute approximate surface area is 139 Å². The number of ether oxygens (including phenoxy) is 1. The van der Waals surface area contributed by atoms with Crippen molar-refractivity contribution in [1.82, 2.24) is 10.3 Å². The number of methoxy groups -OCH3 is 1. The Hall–Kier alpha value is -2.28. The van der Waals surface area contributed by atoms with Crippen molar-refractivity contribution < 1.29 is 9.53 Å². The highest BCUT2D eigenvalue weighted by atomic mass is 32.1. The topological polar surface area (TPSA) is 66.5 Å². The molecule has 0 radical (unpaired) electrons. The van der Waals surface area contributed by atoms with Gasteiger partial charge < -0.3 is 15.0 Å². The van der Waals surface area contributed by atoms with Gasteiger partial charge in [-0.2, -0.15) is 0 Å². The average Bonchev–Trinajstić information content (AvgIpc) is 3.24. The second-order valence-electron chi connectivity index (χ2n) is 5.44. The Kier molecular flexibility index (Phi) is 4.97. The van der Waals surface area contributed by atoms with Crippen molar-refractivity contribution >= 4 is 28.2 Å². The maximum atomic E-state index is 11.8. The van der Waals surface area contributed by atoms with Crippen LogP contribution in [0.3, 0.4) is 0 Å². The van der Waals surface area contributed by atoms with E-state index in [1.807, 2.05) is 23.6 Å². The third-order valence-electron chi connectivity index (χ3n) is 3.92. The summed E-state index contributed by atoms with van der Waals surface area (Å²) < 4.78 is 5.42. The number of thiazole rings is 1. The Morgan fingerprint density at radius 2 is 2.35 bits per heavy atom. The number of rotatable bonds is 5. The lowest BCUT2D eigenvalue weighted by atomic mass is 10.1. The third kappa shape index (κ3) is 3.92. The Balaban J connectivity index is 1.49. The van der Waals surface area contributed by atoms with Crippen molar-refractivity contribution in [2.24, 2.45) is 5.92 Å². The molecule has 0 saturated carbocycles. The molecule has 1 aliphatic heterocycles. The van der Waals surface area contributed by atoms with E-state index in [0.717, 1.165) is 30.9 Å². The molecule has 1 aromatic heterocycles. The van der Waals surface area contributed by atoms with Crippen LogP contribution in [-0.2, 0) is 0 Å². The molecule has 1 saturated heterocycles. The lowest BCUT2D eigenvalue weighted by Gasteiger charge is -2.21. The van der Waals surface area contributed by atoms with E-state index in [0.29, 0.717) is 17.6 Å². The smallest absolute Gasteiger partial charge is 0.321 e. The van der Waals surface area contributed by atoms with Gasteiger partial charge in [0.2, 0.25) is 0 Å². The van der Waals surface area contributed by atoms with Gasteiger partial charge in [0.15, 0.2) is 5.13 Å². The van der Waals surface area contributed by atoms with E-state index in [1.54, 1.807) is 13.3 Å². The van der Waals surface area contributed by atoms with Gasteiger partial charge in [0.05, 0.1) is 12.8 Å². The van der Waals surface area contributed by atoms with Gasteiger partial charge in [-0.3, -0.25) is 5.32 Å². The summed E-state index contributed by atoms with van der Waals surface area (Å²) in [5, 5.41) is 8.10. The minimum absolute atomic E-state index is 0.198. The number of hydrogen-bond acceptors (Lipinski definition) is 5. The first-order chi connectivity index (χ1) is 11.3. The summed E-state index contributed by atoms with van der Waals surface area (Å²) in [5.41, 5.74) is 1.12. The molecule has 0 aliphatic carbocycles. The monoisotopic (exact) mass is 332 g/mol. The Morgan fingerprint density at radius 3 is 3.13 bits per heavy atom. The molecule has 7 heteroatoms. The van der Waals surface area contributed by atoms with Crippen LogP contribution in [0.4, 0.5) is 15.6 Å². The number of anilines is 2. The Morgan fingerprint density at radius 1 is 1.48 bits per heavy atom. The number of benzene rings is 1. The molecule has 2 aromatic rings. The number of para-hydroxylation sites is 2. The largest absolute Gasteiger partial charge is 0.495 e. The molecule has 2 heterocycles. The molecule has 1 aromatic carbocycles. The van der Waals surface area contributed by atoms with Crippen LogP contribution in [0.2, 0.25) is 0 Å². The molecule has 0 spiro atoms. The lowest BCUT2D eigenvalue weighted by molar-refractivity contribution is 0.250. The molecule has 2 amide bonds. The summed E-state index contributed by atoms with van der Waals surface area (Å²) in [5.74, 6) is 1.32. The van der Waals surface area contributed by atoms with E-state index in [2.05, 4.69) is 26.6 Å². The van der Waals surface area contributed by atoms with Crippen molar-refractivity contribution in [3.05, 3.63) is 35.8 Å². The average molecular weight is 332 g/mol. The highest BCUT2D eigenvalue weighted by Crippen LogP contribution is 2.31. The molecule has 6 nitrogen and oxygen atoms in total. The first-order valence-electron chi connectivity index (χ1n) is 7.58. The van der Waals surface area contributed by atoms with E-state index in [1.165, 1.54) is 11.3 Å². The van der Waals surface area contributed by atoms with Crippen molar-refractivity contribution in [3.8, 4) is 5.75 Å². The quantitative estimate of drug-likeness (QED) is 0.883. The lowest BCUT2D eigenvalue weighted by Crippen LogP contribution is -2.34. The standard InChI is InChI=1S/C16H20N4O2S/c1-22-14-5-3-2-4-13(14)20-8-6-12(11-20)10-18-15(21)19-16-17-7-9-23-16/h2-5,7,9,12H,6,8,10-11H2,1H3,(H2,17,18,19,21)/t12-/m1/s1. The van der Waals surface area contributed by atoms with Crippen LogP contribution in [0.25, 0.3) is 0 Å². The van der Waals surface area contributed by atoms with Crippen LogP contribution < -0.4 is 20.3 Å². The molecule has 1 fully saturated rings. The number of nitrogens with zero attached hydrogens (tertiary/aromatic N) is 2. The molecular weight excluding hydrogens is 312 g/mol. The summed E-state index contributed by atoms with van der Waals surface area (Å²) in [7, 11) is 1.69. The van der Waals surface area contributed by atoms with Gasteiger partial charge in [-0.15, -0.1) is 11.3 Å².